The van der Waals surface area contributed by atoms with Crippen molar-refractivity contribution in [3.8, 4) is 0 Å². The third kappa shape index (κ3) is 4.20. The molecular formula is C13H24N2O3. The number of hydrogen-bond acceptors (Lipinski definition) is 2. The van der Waals surface area contributed by atoms with Gasteiger partial charge in [-0.1, -0.05) is 19.8 Å². The summed E-state index contributed by atoms with van der Waals surface area (Å²) in [5.74, 6) is -0.981. The highest BCUT2D eigenvalue weighted by atomic mass is 16.4. The van der Waals surface area contributed by atoms with E-state index in [1.165, 1.54) is 6.42 Å². The van der Waals surface area contributed by atoms with Gasteiger partial charge in [0.1, 0.15) is 0 Å². The fraction of sp³-hybridized carbons (Fsp3) is 0.846. The van der Waals surface area contributed by atoms with Crippen LogP contribution in [0.1, 0.15) is 46.5 Å². The first kappa shape index (κ1) is 14.8. The van der Waals surface area contributed by atoms with Crippen LogP contribution in [-0.4, -0.2) is 29.2 Å². The van der Waals surface area contributed by atoms with Gasteiger partial charge in [-0.3, -0.25) is 4.79 Å². The first-order valence-electron chi connectivity index (χ1n) is 6.71. The van der Waals surface area contributed by atoms with Gasteiger partial charge >= 0.3 is 12.0 Å². The molecule has 1 aliphatic carbocycles. The number of hydrogen-bond donors (Lipinski definition) is 3. The van der Waals surface area contributed by atoms with Crippen molar-refractivity contribution in [2.75, 3.05) is 0 Å². The predicted molar refractivity (Wildman–Crippen MR) is 69.3 cm³/mol. The Bertz CT molecular complexity index is 307. The number of carboxylic acids is 1. The number of aliphatic carboxylic acids is 1. The molecule has 5 nitrogen and oxygen atoms in total. The van der Waals surface area contributed by atoms with Crippen LogP contribution >= 0.6 is 0 Å². The second-order valence-electron chi connectivity index (χ2n) is 5.40. The van der Waals surface area contributed by atoms with Crippen LogP contribution in [0.4, 0.5) is 4.79 Å². The van der Waals surface area contributed by atoms with Gasteiger partial charge in [-0.25, -0.2) is 4.79 Å². The number of carbonyl (C=O) groups excluding carboxylic acids is 1. The van der Waals surface area contributed by atoms with Gasteiger partial charge in [0.05, 0.1) is 5.92 Å². The van der Waals surface area contributed by atoms with Crippen molar-refractivity contribution in [1.29, 1.82) is 0 Å². The smallest absolute Gasteiger partial charge is 0.315 e. The molecule has 1 fully saturated rings. The molecule has 0 bridgehead atoms. The lowest BCUT2D eigenvalue weighted by Gasteiger charge is -2.30. The predicted octanol–water partition coefficient (Wildman–Crippen LogP) is 1.97. The van der Waals surface area contributed by atoms with Gasteiger partial charge in [0.15, 0.2) is 0 Å². The monoisotopic (exact) mass is 256 g/mol. The van der Waals surface area contributed by atoms with E-state index in [1.807, 2.05) is 0 Å². The van der Waals surface area contributed by atoms with Gasteiger partial charge in [-0.15, -0.1) is 0 Å². The summed E-state index contributed by atoms with van der Waals surface area (Å²) >= 11 is 0. The summed E-state index contributed by atoms with van der Waals surface area (Å²) < 4.78 is 0. The molecule has 0 aromatic rings. The molecule has 4 atom stereocenters. The minimum atomic E-state index is -0.895. The molecule has 0 saturated heterocycles. The summed E-state index contributed by atoms with van der Waals surface area (Å²) in [4.78, 5) is 22.6. The van der Waals surface area contributed by atoms with E-state index < -0.39 is 11.9 Å². The van der Waals surface area contributed by atoms with E-state index in [0.717, 1.165) is 19.3 Å². The van der Waals surface area contributed by atoms with Gasteiger partial charge in [0.2, 0.25) is 0 Å². The third-order valence-electron chi connectivity index (χ3n) is 3.93. The summed E-state index contributed by atoms with van der Waals surface area (Å²) in [5, 5.41) is 14.5. The van der Waals surface area contributed by atoms with Gasteiger partial charge in [-0.05, 0) is 32.6 Å². The maximum absolute atomic E-state index is 11.8. The normalized spacial score (nSPS) is 27.1. The number of amides is 2. The zero-order chi connectivity index (χ0) is 13.7. The largest absolute Gasteiger partial charge is 0.481 e. The molecule has 1 rings (SSSR count). The van der Waals surface area contributed by atoms with E-state index >= 15 is 0 Å². The van der Waals surface area contributed by atoms with E-state index in [0.29, 0.717) is 5.92 Å². The highest BCUT2D eigenvalue weighted by Gasteiger charge is 2.25. The SMILES string of the molecule is CC1CCCCC1NC(=O)NC(C)C(C)C(=O)O. The highest BCUT2D eigenvalue weighted by molar-refractivity contribution is 5.76. The Morgan fingerprint density at radius 2 is 1.83 bits per heavy atom. The van der Waals surface area contributed by atoms with Crippen molar-refractivity contribution in [3.63, 3.8) is 0 Å². The van der Waals surface area contributed by atoms with E-state index in [1.54, 1.807) is 13.8 Å². The van der Waals surface area contributed by atoms with Crippen molar-refractivity contribution >= 4 is 12.0 Å². The molecule has 0 spiro atoms. The van der Waals surface area contributed by atoms with Crippen LogP contribution in [0.5, 0.6) is 0 Å². The number of carboxylic acid groups (broad SMARTS) is 1. The summed E-state index contributed by atoms with van der Waals surface area (Å²) in [7, 11) is 0. The first-order valence-corrected chi connectivity index (χ1v) is 6.71. The minimum absolute atomic E-state index is 0.214. The van der Waals surface area contributed by atoms with Crippen molar-refractivity contribution in [3.05, 3.63) is 0 Å². The summed E-state index contributed by atoms with van der Waals surface area (Å²) in [5.41, 5.74) is 0. The van der Waals surface area contributed by atoms with E-state index in [4.69, 9.17) is 5.11 Å². The molecule has 1 saturated carbocycles. The Morgan fingerprint density at radius 3 is 2.39 bits per heavy atom. The fourth-order valence-electron chi connectivity index (χ4n) is 2.29. The van der Waals surface area contributed by atoms with Gasteiger partial charge in [-0.2, -0.15) is 0 Å². The zero-order valence-electron chi connectivity index (χ0n) is 11.4. The molecular weight excluding hydrogens is 232 g/mol. The lowest BCUT2D eigenvalue weighted by molar-refractivity contribution is -0.141. The fourth-order valence-corrected chi connectivity index (χ4v) is 2.29. The Morgan fingerprint density at radius 1 is 1.22 bits per heavy atom. The molecule has 0 aliphatic heterocycles. The Hall–Kier alpha value is -1.26. The molecule has 5 heteroatoms. The molecule has 3 N–H and O–H groups in total. The van der Waals surface area contributed by atoms with Crippen molar-refractivity contribution in [2.24, 2.45) is 11.8 Å². The standard InChI is InChI=1S/C13H24N2O3/c1-8-6-4-5-7-11(8)15-13(18)14-10(3)9(2)12(16)17/h8-11H,4-7H2,1-3H3,(H,16,17)(H2,14,15,18). The molecule has 2 amide bonds. The average Bonchev–Trinajstić information content (AvgIpc) is 2.30. The second-order valence-corrected chi connectivity index (χ2v) is 5.40. The van der Waals surface area contributed by atoms with Crippen molar-refractivity contribution in [1.82, 2.24) is 10.6 Å². The summed E-state index contributed by atoms with van der Waals surface area (Å²) in [6, 6.07) is -0.415. The zero-order valence-corrected chi connectivity index (χ0v) is 11.4. The van der Waals surface area contributed by atoms with E-state index in [9.17, 15) is 9.59 Å². The quantitative estimate of drug-likeness (QED) is 0.719. The summed E-state index contributed by atoms with van der Waals surface area (Å²) in [6.07, 6.45) is 4.53. The highest BCUT2D eigenvalue weighted by Crippen LogP contribution is 2.23. The maximum atomic E-state index is 11.8. The maximum Gasteiger partial charge on any atom is 0.315 e. The van der Waals surface area contributed by atoms with Crippen LogP contribution in [0, 0.1) is 11.8 Å². The number of rotatable bonds is 4. The van der Waals surface area contributed by atoms with Crippen LogP contribution in [0.25, 0.3) is 0 Å². The van der Waals surface area contributed by atoms with E-state index in [-0.39, 0.29) is 18.1 Å². The lowest BCUT2D eigenvalue weighted by Crippen LogP contribution is -2.50. The van der Waals surface area contributed by atoms with E-state index in [2.05, 4.69) is 17.6 Å². The molecule has 104 valence electrons. The molecule has 4 unspecified atom stereocenters. The molecule has 18 heavy (non-hydrogen) atoms. The molecule has 1 aliphatic rings. The topological polar surface area (TPSA) is 78.4 Å². The van der Waals surface area contributed by atoms with Crippen LogP contribution in [0.3, 0.4) is 0 Å². The average molecular weight is 256 g/mol. The first-order chi connectivity index (χ1) is 8.41. The van der Waals surface area contributed by atoms with Crippen molar-refractivity contribution in [2.45, 2.75) is 58.5 Å². The number of urea groups is 1. The van der Waals surface area contributed by atoms with Gasteiger partial charge < -0.3 is 15.7 Å². The van der Waals surface area contributed by atoms with Crippen LogP contribution in [0.2, 0.25) is 0 Å². The number of carbonyl (C=O) groups is 2. The Balaban J connectivity index is 2.38. The third-order valence-corrected chi connectivity index (χ3v) is 3.93. The lowest BCUT2D eigenvalue weighted by atomic mass is 9.86. The van der Waals surface area contributed by atoms with Crippen LogP contribution < -0.4 is 10.6 Å². The van der Waals surface area contributed by atoms with Crippen molar-refractivity contribution < 1.29 is 14.7 Å². The Labute approximate surface area is 108 Å². The minimum Gasteiger partial charge on any atom is -0.481 e. The second kappa shape index (κ2) is 6.61. The molecule has 0 aromatic heterocycles. The molecule has 0 radical (unpaired) electrons. The van der Waals surface area contributed by atoms with Crippen LogP contribution in [0.15, 0.2) is 0 Å². The number of nitrogens with one attached hydrogen (secondary N) is 2. The van der Waals surface area contributed by atoms with Gasteiger partial charge in [0, 0.05) is 12.1 Å². The molecule has 0 aromatic carbocycles. The van der Waals surface area contributed by atoms with Crippen LogP contribution in [-0.2, 0) is 4.79 Å². The van der Waals surface area contributed by atoms with Gasteiger partial charge in [0.25, 0.3) is 0 Å². The summed E-state index contributed by atoms with van der Waals surface area (Å²) in [6.45, 7) is 5.45. The Kier molecular flexibility index (Phi) is 5.44. The molecule has 0 heterocycles.